The van der Waals surface area contributed by atoms with Crippen molar-refractivity contribution in [3.05, 3.63) is 71.9 Å². The summed E-state index contributed by atoms with van der Waals surface area (Å²) in [4.78, 5) is 35.0. The first-order valence-corrected chi connectivity index (χ1v) is 8.31. The summed E-state index contributed by atoms with van der Waals surface area (Å²) in [7, 11) is 0. The van der Waals surface area contributed by atoms with Crippen LogP contribution in [0.3, 0.4) is 0 Å². The van der Waals surface area contributed by atoms with Gasteiger partial charge in [-0.15, -0.1) is 0 Å². The van der Waals surface area contributed by atoms with Gasteiger partial charge in [0.15, 0.2) is 6.61 Å². The Kier molecular flexibility index (Phi) is 7.30. The Morgan fingerprint density at radius 1 is 1.03 bits per heavy atom. The number of ether oxygens (including phenoxy) is 1. The molecule has 0 aliphatic heterocycles. The first-order chi connectivity index (χ1) is 14.2. The molecule has 154 valence electrons. The summed E-state index contributed by atoms with van der Waals surface area (Å²) in [5.41, 5.74) is 0.491. The van der Waals surface area contributed by atoms with Crippen molar-refractivity contribution in [1.82, 2.24) is 0 Å². The molecule has 10 heteroatoms. The Bertz CT molecular complexity index is 1030. The molecule has 2 aromatic rings. The van der Waals surface area contributed by atoms with Gasteiger partial charge in [0.2, 0.25) is 0 Å². The van der Waals surface area contributed by atoms with Crippen LogP contribution in [-0.4, -0.2) is 30.4 Å². The van der Waals surface area contributed by atoms with E-state index in [2.05, 4.69) is 10.6 Å². The number of alkyl halides is 3. The van der Waals surface area contributed by atoms with Gasteiger partial charge in [0.1, 0.15) is 6.07 Å². The zero-order valence-electron chi connectivity index (χ0n) is 15.2. The molecule has 0 bridgehead atoms. The number of allylic oxidation sites excluding steroid dienone is 1. The van der Waals surface area contributed by atoms with Crippen LogP contribution in [0.2, 0.25) is 0 Å². The van der Waals surface area contributed by atoms with Crippen molar-refractivity contribution in [2.45, 2.75) is 6.18 Å². The number of halogens is 3. The molecule has 0 heterocycles. The van der Waals surface area contributed by atoms with Crippen molar-refractivity contribution in [1.29, 1.82) is 5.26 Å². The Labute approximate surface area is 168 Å². The van der Waals surface area contributed by atoms with Crippen LogP contribution in [-0.2, 0) is 14.3 Å². The number of anilines is 2. The second-order valence-electron chi connectivity index (χ2n) is 5.67. The number of carbonyl (C=O) groups excluding carboxylic acids is 3. The molecule has 0 spiro atoms. The zero-order valence-corrected chi connectivity index (χ0v) is 15.2. The van der Waals surface area contributed by atoms with E-state index >= 15 is 0 Å². The second kappa shape index (κ2) is 9.88. The van der Waals surface area contributed by atoms with E-state index in [0.29, 0.717) is 0 Å². The van der Waals surface area contributed by atoms with E-state index < -0.39 is 30.4 Å². The fraction of sp³-hybridized carbons (Fsp3) is 0.100. The van der Waals surface area contributed by atoms with Crippen LogP contribution in [0.25, 0.3) is 0 Å². The monoisotopic (exact) mass is 417 g/mol. The van der Waals surface area contributed by atoms with E-state index in [9.17, 15) is 27.6 Å². The number of hydrogen-bond acceptors (Lipinski definition) is 6. The second-order valence-corrected chi connectivity index (χ2v) is 5.67. The summed E-state index contributed by atoms with van der Waals surface area (Å²) in [5, 5.41) is 13.8. The molecule has 0 aliphatic rings. The highest BCUT2D eigenvalue weighted by Crippen LogP contribution is 2.19. The molecule has 1 amide bonds. The normalized spacial score (nSPS) is 10.9. The predicted octanol–water partition coefficient (Wildman–Crippen LogP) is 3.41. The Hall–Kier alpha value is -4.13. The first-order valence-electron chi connectivity index (χ1n) is 8.31. The van der Waals surface area contributed by atoms with Crippen LogP contribution in [0.15, 0.2) is 60.8 Å². The molecule has 7 nitrogen and oxygen atoms in total. The van der Waals surface area contributed by atoms with Gasteiger partial charge in [-0.05, 0) is 24.3 Å². The highest BCUT2D eigenvalue weighted by Gasteiger charge is 2.36. The molecular formula is C20H14F3N3O4. The highest BCUT2D eigenvalue weighted by atomic mass is 19.4. The lowest BCUT2D eigenvalue weighted by Gasteiger charge is -2.10. The molecule has 0 atom stereocenters. The van der Waals surface area contributed by atoms with Crippen molar-refractivity contribution in [3.8, 4) is 6.07 Å². The van der Waals surface area contributed by atoms with E-state index in [1.54, 1.807) is 12.1 Å². The fourth-order valence-electron chi connectivity index (χ4n) is 2.17. The summed E-state index contributed by atoms with van der Waals surface area (Å²) in [5.74, 6) is -3.67. The van der Waals surface area contributed by atoms with Gasteiger partial charge in [0.05, 0.1) is 22.5 Å². The van der Waals surface area contributed by atoms with E-state index in [-0.39, 0.29) is 28.6 Å². The predicted molar refractivity (Wildman–Crippen MR) is 100 cm³/mol. The van der Waals surface area contributed by atoms with Crippen LogP contribution >= 0.6 is 0 Å². The number of hydrogen-bond donors (Lipinski definition) is 2. The third-order valence-electron chi connectivity index (χ3n) is 3.56. The van der Waals surface area contributed by atoms with Gasteiger partial charge in [0, 0.05) is 12.3 Å². The number of benzene rings is 2. The molecule has 0 fully saturated rings. The molecule has 0 radical (unpaired) electrons. The van der Waals surface area contributed by atoms with Crippen LogP contribution in [0, 0.1) is 11.3 Å². The maximum atomic E-state index is 12.2. The number of nitriles is 1. The van der Waals surface area contributed by atoms with E-state index in [1.807, 2.05) is 6.07 Å². The number of carbonyl (C=O) groups is 3. The largest absolute Gasteiger partial charge is 0.454 e. The summed E-state index contributed by atoms with van der Waals surface area (Å²) < 4.78 is 41.5. The fourth-order valence-corrected chi connectivity index (χ4v) is 2.17. The average molecular weight is 417 g/mol. The minimum Gasteiger partial charge on any atom is -0.452 e. The molecule has 0 unspecified atom stereocenters. The van der Waals surface area contributed by atoms with Crippen LogP contribution in [0.5, 0.6) is 0 Å². The summed E-state index contributed by atoms with van der Waals surface area (Å²) in [6.07, 6.45) is -3.98. The summed E-state index contributed by atoms with van der Waals surface area (Å²) >= 11 is 0. The Balaban J connectivity index is 1.99. The molecule has 30 heavy (non-hydrogen) atoms. The van der Waals surface area contributed by atoms with Gasteiger partial charge < -0.3 is 15.4 Å². The molecule has 0 saturated carbocycles. The summed E-state index contributed by atoms with van der Waals surface area (Å²) in [6.45, 7) is -0.657. The van der Waals surface area contributed by atoms with E-state index in [1.165, 1.54) is 36.4 Å². The number of nitrogens with zero attached hydrogens (tertiary/aromatic N) is 1. The topological polar surface area (TPSA) is 108 Å². The first kappa shape index (κ1) is 22.2. The Morgan fingerprint density at radius 3 is 2.33 bits per heavy atom. The quantitative estimate of drug-likeness (QED) is 0.528. The van der Waals surface area contributed by atoms with Crippen LogP contribution in [0.4, 0.5) is 24.5 Å². The number of amides is 1. The van der Waals surface area contributed by atoms with Gasteiger partial charge in [0.25, 0.3) is 11.7 Å². The number of rotatable bonds is 7. The van der Waals surface area contributed by atoms with Gasteiger partial charge in [-0.25, -0.2) is 4.79 Å². The zero-order chi connectivity index (χ0) is 22.1. The minimum absolute atomic E-state index is 0.0631. The maximum absolute atomic E-state index is 12.2. The van der Waals surface area contributed by atoms with Crippen molar-refractivity contribution in [2.24, 2.45) is 0 Å². The van der Waals surface area contributed by atoms with Gasteiger partial charge in [-0.3, -0.25) is 9.59 Å². The molecule has 2 rings (SSSR count). The van der Waals surface area contributed by atoms with Gasteiger partial charge in [-0.1, -0.05) is 24.3 Å². The lowest BCUT2D eigenvalue weighted by atomic mass is 10.2. The highest BCUT2D eigenvalue weighted by molar-refractivity contribution is 5.99. The third-order valence-corrected chi connectivity index (χ3v) is 3.56. The summed E-state index contributed by atoms with van der Waals surface area (Å²) in [6, 6.07) is 13.8. The SMILES string of the molecule is N#Cc1ccccc1NC(=O)COC(=O)c1ccccc1N/C=C/C(=O)C(F)(F)F. The minimum atomic E-state index is -5.01. The standard InChI is InChI=1S/C20H14F3N3O4/c21-20(22,23)17(27)9-10-25-16-8-4-2-6-14(16)19(29)30-12-18(28)26-15-7-3-1-5-13(15)11-24/h1-10,25H,12H2,(H,26,28)/b10-9+. The smallest absolute Gasteiger partial charge is 0.452 e. The van der Waals surface area contributed by atoms with E-state index in [4.69, 9.17) is 10.00 Å². The lowest BCUT2D eigenvalue weighted by molar-refractivity contribution is -0.165. The molecule has 2 N–H and O–H groups in total. The van der Waals surface area contributed by atoms with Crippen molar-refractivity contribution in [3.63, 3.8) is 0 Å². The molecule has 0 saturated heterocycles. The van der Waals surface area contributed by atoms with Crippen LogP contribution < -0.4 is 10.6 Å². The number of nitrogens with one attached hydrogen (secondary N) is 2. The van der Waals surface area contributed by atoms with Gasteiger partial charge >= 0.3 is 12.1 Å². The molecule has 0 aromatic heterocycles. The maximum Gasteiger partial charge on any atom is 0.454 e. The molecular weight excluding hydrogens is 403 g/mol. The number of ketones is 1. The van der Waals surface area contributed by atoms with Crippen molar-refractivity contribution >= 4 is 29.0 Å². The molecule has 2 aromatic carbocycles. The van der Waals surface area contributed by atoms with Crippen molar-refractivity contribution < 1.29 is 32.3 Å². The van der Waals surface area contributed by atoms with Gasteiger partial charge in [-0.2, -0.15) is 18.4 Å². The van der Waals surface area contributed by atoms with E-state index in [0.717, 1.165) is 6.20 Å². The number of esters is 1. The average Bonchev–Trinajstić information content (AvgIpc) is 2.72. The number of para-hydroxylation sites is 2. The third kappa shape index (κ3) is 6.20. The lowest BCUT2D eigenvalue weighted by Crippen LogP contribution is -2.22. The van der Waals surface area contributed by atoms with Crippen molar-refractivity contribution in [2.75, 3.05) is 17.2 Å². The molecule has 0 aliphatic carbocycles. The van der Waals surface area contributed by atoms with Crippen LogP contribution in [0.1, 0.15) is 15.9 Å². The Morgan fingerprint density at radius 2 is 1.67 bits per heavy atom.